The van der Waals surface area contributed by atoms with Crippen molar-refractivity contribution >= 4 is 11.8 Å². The van der Waals surface area contributed by atoms with E-state index in [4.69, 9.17) is 9.52 Å². The molecule has 0 radical (unpaired) electrons. The zero-order chi connectivity index (χ0) is 16.1. The summed E-state index contributed by atoms with van der Waals surface area (Å²) >= 11 is 1.42. The van der Waals surface area contributed by atoms with Gasteiger partial charge in [0.2, 0.25) is 0 Å². The summed E-state index contributed by atoms with van der Waals surface area (Å²) in [5.74, 6) is 1.23. The number of nitrogens with zero attached hydrogens (tertiary/aromatic N) is 2. The highest BCUT2D eigenvalue weighted by molar-refractivity contribution is 7.99. The molecule has 0 saturated heterocycles. The second-order valence-corrected chi connectivity index (χ2v) is 6.09. The first-order chi connectivity index (χ1) is 11.3. The van der Waals surface area contributed by atoms with Gasteiger partial charge in [-0.05, 0) is 17.7 Å². The standard InChI is InChI=1S/C17H18N2O3S/c20-11-14(21)12-23-17-18-9-16(13-5-2-1-3-6-13)19(17)10-15-7-4-8-22-15/h1-9,14,20-21H,10-12H2. The smallest absolute Gasteiger partial charge is 0.168 e. The molecule has 0 amide bonds. The Labute approximate surface area is 138 Å². The second-order valence-electron chi connectivity index (χ2n) is 5.10. The predicted molar refractivity (Wildman–Crippen MR) is 89.3 cm³/mol. The number of hydrogen-bond acceptors (Lipinski definition) is 5. The van der Waals surface area contributed by atoms with Gasteiger partial charge in [-0.15, -0.1) is 0 Å². The lowest BCUT2D eigenvalue weighted by Crippen LogP contribution is -2.15. The van der Waals surface area contributed by atoms with E-state index in [0.29, 0.717) is 12.3 Å². The van der Waals surface area contributed by atoms with E-state index in [1.807, 2.05) is 48.7 Å². The van der Waals surface area contributed by atoms with Crippen LogP contribution in [0.25, 0.3) is 11.3 Å². The molecule has 2 heterocycles. The fourth-order valence-electron chi connectivity index (χ4n) is 2.25. The Morgan fingerprint density at radius 3 is 2.70 bits per heavy atom. The normalized spacial score (nSPS) is 12.4. The first-order valence-corrected chi connectivity index (χ1v) is 8.31. The van der Waals surface area contributed by atoms with Crippen LogP contribution in [-0.4, -0.2) is 38.2 Å². The summed E-state index contributed by atoms with van der Waals surface area (Å²) in [4.78, 5) is 4.47. The zero-order valence-electron chi connectivity index (χ0n) is 12.5. The Bertz CT molecular complexity index is 726. The summed E-state index contributed by atoms with van der Waals surface area (Å²) in [7, 11) is 0. The largest absolute Gasteiger partial charge is 0.467 e. The lowest BCUT2D eigenvalue weighted by molar-refractivity contribution is 0.113. The van der Waals surface area contributed by atoms with Crippen molar-refractivity contribution in [2.75, 3.05) is 12.4 Å². The minimum atomic E-state index is -0.756. The number of rotatable bonds is 7. The van der Waals surface area contributed by atoms with E-state index in [1.54, 1.807) is 6.26 Å². The third-order valence-electron chi connectivity index (χ3n) is 3.40. The molecular weight excluding hydrogens is 312 g/mol. The van der Waals surface area contributed by atoms with Crippen LogP contribution >= 0.6 is 11.8 Å². The van der Waals surface area contributed by atoms with E-state index in [9.17, 15) is 5.11 Å². The van der Waals surface area contributed by atoms with E-state index >= 15 is 0 Å². The second kappa shape index (κ2) is 7.50. The van der Waals surface area contributed by atoms with Crippen LogP contribution in [0.4, 0.5) is 0 Å². The highest BCUT2D eigenvalue weighted by Crippen LogP contribution is 2.27. The fraction of sp³-hybridized carbons (Fsp3) is 0.235. The molecule has 0 aliphatic rings. The average Bonchev–Trinajstić information content (AvgIpc) is 3.24. The van der Waals surface area contributed by atoms with E-state index in [-0.39, 0.29) is 6.61 Å². The van der Waals surface area contributed by atoms with Gasteiger partial charge in [-0.1, -0.05) is 42.1 Å². The van der Waals surface area contributed by atoms with E-state index in [2.05, 4.69) is 9.55 Å². The van der Waals surface area contributed by atoms with Crippen LogP contribution in [0.15, 0.2) is 64.5 Å². The molecule has 0 aliphatic carbocycles. The summed E-state index contributed by atoms with van der Waals surface area (Å²) in [5, 5.41) is 19.3. The van der Waals surface area contributed by atoms with Gasteiger partial charge in [0.05, 0.1) is 37.4 Å². The van der Waals surface area contributed by atoms with Crippen molar-refractivity contribution in [3.8, 4) is 11.3 Å². The molecule has 0 aliphatic heterocycles. The Kier molecular flexibility index (Phi) is 5.17. The van der Waals surface area contributed by atoms with Crippen molar-refractivity contribution in [3.05, 3.63) is 60.7 Å². The van der Waals surface area contributed by atoms with Gasteiger partial charge in [0, 0.05) is 5.75 Å². The molecule has 2 aromatic heterocycles. The Morgan fingerprint density at radius 1 is 1.17 bits per heavy atom. The first kappa shape index (κ1) is 15.9. The van der Waals surface area contributed by atoms with Crippen molar-refractivity contribution < 1.29 is 14.6 Å². The number of hydrogen-bond donors (Lipinski definition) is 2. The number of furan rings is 1. The van der Waals surface area contributed by atoms with Crippen molar-refractivity contribution in [2.24, 2.45) is 0 Å². The number of benzene rings is 1. The summed E-state index contributed by atoms with van der Waals surface area (Å²) in [6, 6.07) is 13.8. The van der Waals surface area contributed by atoms with Gasteiger partial charge < -0.3 is 19.2 Å². The molecule has 5 nitrogen and oxygen atoms in total. The van der Waals surface area contributed by atoms with Gasteiger partial charge in [0.1, 0.15) is 5.76 Å². The van der Waals surface area contributed by atoms with E-state index < -0.39 is 6.10 Å². The highest BCUT2D eigenvalue weighted by atomic mass is 32.2. The molecule has 0 bridgehead atoms. The Morgan fingerprint density at radius 2 is 2.00 bits per heavy atom. The zero-order valence-corrected chi connectivity index (χ0v) is 13.3. The van der Waals surface area contributed by atoms with Crippen LogP contribution in [0.5, 0.6) is 0 Å². The molecule has 0 spiro atoms. The molecule has 0 fully saturated rings. The minimum Gasteiger partial charge on any atom is -0.467 e. The third kappa shape index (κ3) is 3.85. The van der Waals surface area contributed by atoms with Crippen molar-refractivity contribution in [1.82, 2.24) is 9.55 Å². The SMILES string of the molecule is OCC(O)CSc1ncc(-c2ccccc2)n1Cc1ccco1. The maximum Gasteiger partial charge on any atom is 0.168 e. The molecule has 23 heavy (non-hydrogen) atoms. The molecule has 2 N–H and O–H groups in total. The Hall–Kier alpha value is -2.02. The summed E-state index contributed by atoms with van der Waals surface area (Å²) in [5.41, 5.74) is 2.06. The average molecular weight is 330 g/mol. The van der Waals surface area contributed by atoms with Gasteiger partial charge in [-0.2, -0.15) is 0 Å². The molecule has 3 aromatic rings. The van der Waals surface area contributed by atoms with Crippen LogP contribution in [0.3, 0.4) is 0 Å². The molecule has 3 rings (SSSR count). The van der Waals surface area contributed by atoms with Crippen molar-refractivity contribution in [1.29, 1.82) is 0 Å². The maximum atomic E-state index is 9.56. The monoisotopic (exact) mass is 330 g/mol. The molecule has 1 atom stereocenters. The number of aliphatic hydroxyl groups excluding tert-OH is 2. The highest BCUT2D eigenvalue weighted by Gasteiger charge is 2.15. The van der Waals surface area contributed by atoms with Crippen LogP contribution in [0, 0.1) is 0 Å². The Balaban J connectivity index is 1.91. The summed E-state index contributed by atoms with van der Waals surface area (Å²) in [6.07, 6.45) is 2.72. The summed E-state index contributed by atoms with van der Waals surface area (Å²) in [6.45, 7) is 0.312. The van der Waals surface area contributed by atoms with E-state index in [0.717, 1.165) is 22.2 Å². The van der Waals surface area contributed by atoms with Crippen LogP contribution in [-0.2, 0) is 6.54 Å². The lowest BCUT2D eigenvalue weighted by Gasteiger charge is -2.11. The number of thioether (sulfide) groups is 1. The number of aliphatic hydroxyl groups is 2. The van der Waals surface area contributed by atoms with Crippen LogP contribution < -0.4 is 0 Å². The number of aromatic nitrogens is 2. The van der Waals surface area contributed by atoms with Gasteiger partial charge >= 0.3 is 0 Å². The predicted octanol–water partition coefficient (Wildman–Crippen LogP) is 2.64. The summed E-state index contributed by atoms with van der Waals surface area (Å²) < 4.78 is 7.51. The fourth-order valence-corrected chi connectivity index (χ4v) is 3.14. The third-order valence-corrected chi connectivity index (χ3v) is 4.53. The molecule has 120 valence electrons. The quantitative estimate of drug-likeness (QED) is 0.652. The lowest BCUT2D eigenvalue weighted by atomic mass is 10.2. The van der Waals surface area contributed by atoms with Gasteiger partial charge in [0.15, 0.2) is 5.16 Å². The molecule has 0 saturated carbocycles. The maximum absolute atomic E-state index is 9.56. The van der Waals surface area contributed by atoms with Crippen LogP contribution in [0.2, 0.25) is 0 Å². The van der Waals surface area contributed by atoms with Crippen molar-refractivity contribution in [3.63, 3.8) is 0 Å². The molecular formula is C17H18N2O3S. The first-order valence-electron chi connectivity index (χ1n) is 7.33. The van der Waals surface area contributed by atoms with E-state index in [1.165, 1.54) is 11.8 Å². The minimum absolute atomic E-state index is 0.253. The van der Waals surface area contributed by atoms with Crippen molar-refractivity contribution in [2.45, 2.75) is 17.8 Å². The van der Waals surface area contributed by atoms with Gasteiger partial charge in [-0.3, -0.25) is 0 Å². The number of imidazole rings is 1. The molecule has 6 heteroatoms. The molecule has 1 aromatic carbocycles. The van der Waals surface area contributed by atoms with Gasteiger partial charge in [0.25, 0.3) is 0 Å². The molecule has 1 unspecified atom stereocenters. The topological polar surface area (TPSA) is 71.4 Å². The van der Waals surface area contributed by atoms with Crippen LogP contribution in [0.1, 0.15) is 5.76 Å². The van der Waals surface area contributed by atoms with Gasteiger partial charge in [-0.25, -0.2) is 4.98 Å².